The zero-order valence-corrected chi connectivity index (χ0v) is 15.0. The van der Waals surface area contributed by atoms with Gasteiger partial charge in [-0.3, -0.25) is 9.78 Å². The van der Waals surface area contributed by atoms with Crippen LogP contribution >= 0.6 is 0 Å². The predicted octanol–water partition coefficient (Wildman–Crippen LogP) is 4.39. The Balaban J connectivity index is 1.58. The van der Waals surface area contributed by atoms with Gasteiger partial charge < -0.3 is 10.1 Å². The van der Waals surface area contributed by atoms with E-state index >= 15 is 0 Å². The number of para-hydroxylation sites is 1. The zero-order valence-electron chi connectivity index (χ0n) is 15.0. The molecular formula is C22H22N2O2. The Morgan fingerprint density at radius 2 is 1.65 bits per heavy atom. The van der Waals surface area contributed by atoms with E-state index in [4.69, 9.17) is 4.74 Å². The van der Waals surface area contributed by atoms with Crippen molar-refractivity contribution in [2.45, 2.75) is 26.4 Å². The highest BCUT2D eigenvalue weighted by atomic mass is 16.5. The summed E-state index contributed by atoms with van der Waals surface area (Å²) in [5, 5.41) is 2.90. The van der Waals surface area contributed by atoms with Crippen molar-refractivity contribution in [2.75, 3.05) is 5.32 Å². The fourth-order valence-corrected chi connectivity index (χ4v) is 2.62. The van der Waals surface area contributed by atoms with E-state index in [1.807, 2.05) is 67.6 Å². The lowest BCUT2D eigenvalue weighted by atomic mass is 10.1. The second kappa shape index (κ2) is 8.30. The molecule has 132 valence electrons. The topological polar surface area (TPSA) is 51.2 Å². The van der Waals surface area contributed by atoms with Gasteiger partial charge in [0.15, 0.2) is 6.10 Å². The minimum absolute atomic E-state index is 0.171. The number of ether oxygens (including phenoxy) is 1. The Hall–Kier alpha value is -3.14. The number of amides is 1. The summed E-state index contributed by atoms with van der Waals surface area (Å²) in [6.45, 7) is 3.71. The van der Waals surface area contributed by atoms with Crippen molar-refractivity contribution in [1.29, 1.82) is 0 Å². The Morgan fingerprint density at radius 1 is 1.00 bits per heavy atom. The highest BCUT2D eigenvalue weighted by molar-refractivity contribution is 5.94. The summed E-state index contributed by atoms with van der Waals surface area (Å²) >= 11 is 0. The standard InChI is InChI=1S/C22H22N2O2/c1-16-5-3-4-6-21(16)26-17(2)22(25)24-20-9-7-18(8-10-20)15-19-11-13-23-14-12-19/h3-14,17H,15H2,1-2H3,(H,24,25)/t17-/m1/s1. The first kappa shape index (κ1) is 17.7. The molecule has 0 aliphatic rings. The van der Waals surface area contributed by atoms with Crippen molar-refractivity contribution in [3.05, 3.63) is 89.7 Å². The van der Waals surface area contributed by atoms with E-state index < -0.39 is 6.10 Å². The third-order valence-corrected chi connectivity index (χ3v) is 4.15. The largest absolute Gasteiger partial charge is 0.481 e. The maximum Gasteiger partial charge on any atom is 0.265 e. The molecule has 0 spiro atoms. The number of carbonyl (C=O) groups excluding carboxylic acids is 1. The van der Waals surface area contributed by atoms with Crippen LogP contribution in [0.3, 0.4) is 0 Å². The quantitative estimate of drug-likeness (QED) is 0.720. The van der Waals surface area contributed by atoms with Crippen molar-refractivity contribution in [3.8, 4) is 5.75 Å². The number of carbonyl (C=O) groups is 1. The van der Waals surface area contributed by atoms with E-state index in [1.54, 1.807) is 19.3 Å². The van der Waals surface area contributed by atoms with Gasteiger partial charge in [-0.2, -0.15) is 0 Å². The first-order valence-electron chi connectivity index (χ1n) is 8.63. The van der Waals surface area contributed by atoms with Crippen molar-refractivity contribution in [3.63, 3.8) is 0 Å². The molecule has 3 aromatic rings. The molecule has 1 amide bonds. The summed E-state index contributed by atoms with van der Waals surface area (Å²) in [5.41, 5.74) is 4.15. The molecule has 0 saturated heterocycles. The van der Waals surface area contributed by atoms with Crippen LogP contribution in [-0.4, -0.2) is 17.0 Å². The number of anilines is 1. The van der Waals surface area contributed by atoms with Crippen LogP contribution in [-0.2, 0) is 11.2 Å². The van der Waals surface area contributed by atoms with Crippen molar-refractivity contribution >= 4 is 11.6 Å². The highest BCUT2D eigenvalue weighted by Crippen LogP contribution is 2.19. The number of rotatable bonds is 6. The van der Waals surface area contributed by atoms with Crippen molar-refractivity contribution < 1.29 is 9.53 Å². The third-order valence-electron chi connectivity index (χ3n) is 4.15. The van der Waals surface area contributed by atoms with Crippen LogP contribution in [0.15, 0.2) is 73.1 Å². The molecule has 0 unspecified atom stereocenters. The molecule has 3 rings (SSSR count). The number of hydrogen-bond donors (Lipinski definition) is 1. The molecule has 1 atom stereocenters. The molecule has 0 aliphatic carbocycles. The average Bonchev–Trinajstić information content (AvgIpc) is 2.66. The highest BCUT2D eigenvalue weighted by Gasteiger charge is 2.15. The lowest BCUT2D eigenvalue weighted by molar-refractivity contribution is -0.122. The Kier molecular flexibility index (Phi) is 5.64. The molecule has 0 radical (unpaired) electrons. The minimum atomic E-state index is -0.576. The molecule has 1 heterocycles. The zero-order chi connectivity index (χ0) is 18.4. The Labute approximate surface area is 153 Å². The van der Waals surface area contributed by atoms with Crippen LogP contribution < -0.4 is 10.1 Å². The maximum absolute atomic E-state index is 12.4. The first-order chi connectivity index (χ1) is 12.6. The van der Waals surface area contributed by atoms with Gasteiger partial charge >= 0.3 is 0 Å². The lowest BCUT2D eigenvalue weighted by Gasteiger charge is -2.16. The number of nitrogens with zero attached hydrogens (tertiary/aromatic N) is 1. The van der Waals surface area contributed by atoms with Gasteiger partial charge in [-0.1, -0.05) is 30.3 Å². The number of benzene rings is 2. The fourth-order valence-electron chi connectivity index (χ4n) is 2.62. The van der Waals surface area contributed by atoms with Gasteiger partial charge in [-0.25, -0.2) is 0 Å². The maximum atomic E-state index is 12.4. The van der Waals surface area contributed by atoms with Crippen molar-refractivity contribution in [1.82, 2.24) is 4.98 Å². The van der Waals surface area contributed by atoms with Crippen LogP contribution in [0.5, 0.6) is 5.75 Å². The van der Waals surface area contributed by atoms with Crippen molar-refractivity contribution in [2.24, 2.45) is 0 Å². The van der Waals surface area contributed by atoms with Crippen LogP contribution in [0, 0.1) is 6.92 Å². The van der Waals surface area contributed by atoms with Gasteiger partial charge in [0.25, 0.3) is 5.91 Å². The fraction of sp³-hybridized carbons (Fsp3) is 0.182. The van der Waals surface area contributed by atoms with Gasteiger partial charge in [0.05, 0.1) is 0 Å². The number of pyridine rings is 1. The smallest absolute Gasteiger partial charge is 0.265 e. The minimum Gasteiger partial charge on any atom is -0.481 e. The van der Waals surface area contributed by atoms with E-state index in [0.29, 0.717) is 0 Å². The summed E-state index contributed by atoms with van der Waals surface area (Å²) < 4.78 is 5.76. The molecule has 0 fully saturated rings. The Bertz CT molecular complexity index is 861. The second-order valence-electron chi connectivity index (χ2n) is 6.24. The van der Waals surface area contributed by atoms with E-state index in [9.17, 15) is 4.79 Å². The second-order valence-corrected chi connectivity index (χ2v) is 6.24. The van der Waals surface area contributed by atoms with Gasteiger partial charge in [0, 0.05) is 18.1 Å². The van der Waals surface area contributed by atoms with Crippen LogP contribution in [0.2, 0.25) is 0 Å². The molecule has 0 saturated carbocycles. The number of nitrogens with one attached hydrogen (secondary N) is 1. The molecule has 2 aromatic carbocycles. The monoisotopic (exact) mass is 346 g/mol. The SMILES string of the molecule is Cc1ccccc1O[C@H](C)C(=O)Nc1ccc(Cc2ccncc2)cc1. The van der Waals surface area contributed by atoms with Crippen LogP contribution in [0.25, 0.3) is 0 Å². The van der Waals surface area contributed by atoms with E-state index in [2.05, 4.69) is 10.3 Å². The molecule has 26 heavy (non-hydrogen) atoms. The first-order valence-corrected chi connectivity index (χ1v) is 8.63. The molecule has 0 bridgehead atoms. The third kappa shape index (κ3) is 4.70. The Morgan fingerprint density at radius 3 is 2.35 bits per heavy atom. The molecule has 1 aromatic heterocycles. The van der Waals surface area contributed by atoms with Gasteiger partial charge in [0.1, 0.15) is 5.75 Å². The molecule has 1 N–H and O–H groups in total. The van der Waals surface area contributed by atoms with E-state index in [-0.39, 0.29) is 5.91 Å². The number of aryl methyl sites for hydroxylation is 1. The average molecular weight is 346 g/mol. The summed E-state index contributed by atoms with van der Waals surface area (Å²) in [5.74, 6) is 0.554. The van der Waals surface area contributed by atoms with E-state index in [0.717, 1.165) is 23.4 Å². The summed E-state index contributed by atoms with van der Waals surface area (Å²) in [6, 6.07) is 19.5. The molecule has 4 nitrogen and oxygen atoms in total. The number of aromatic nitrogens is 1. The number of hydrogen-bond acceptors (Lipinski definition) is 3. The van der Waals surface area contributed by atoms with Gasteiger partial charge in [-0.15, -0.1) is 0 Å². The van der Waals surface area contributed by atoms with Crippen LogP contribution in [0.4, 0.5) is 5.69 Å². The van der Waals surface area contributed by atoms with Crippen LogP contribution in [0.1, 0.15) is 23.6 Å². The summed E-state index contributed by atoms with van der Waals surface area (Å²) in [6.07, 6.45) is 3.84. The molecular weight excluding hydrogens is 324 g/mol. The van der Waals surface area contributed by atoms with Gasteiger partial charge in [0.2, 0.25) is 0 Å². The summed E-state index contributed by atoms with van der Waals surface area (Å²) in [7, 11) is 0. The molecule has 0 aliphatic heterocycles. The summed E-state index contributed by atoms with van der Waals surface area (Å²) in [4.78, 5) is 16.4. The van der Waals surface area contributed by atoms with E-state index in [1.165, 1.54) is 11.1 Å². The predicted molar refractivity (Wildman–Crippen MR) is 103 cm³/mol. The van der Waals surface area contributed by atoms with Gasteiger partial charge in [-0.05, 0) is 67.3 Å². The lowest BCUT2D eigenvalue weighted by Crippen LogP contribution is -2.30. The molecule has 4 heteroatoms. The normalized spacial score (nSPS) is 11.6.